The number of hydrogen-bond donors (Lipinski definition) is 3. The van der Waals surface area contributed by atoms with E-state index < -0.39 is 10.0 Å². The molecule has 0 aliphatic rings. The Labute approximate surface area is 195 Å². The van der Waals surface area contributed by atoms with Crippen molar-refractivity contribution in [2.45, 2.75) is 52.6 Å². The zero-order valence-electron chi connectivity index (χ0n) is 17.4. The van der Waals surface area contributed by atoms with Crippen molar-refractivity contribution in [1.29, 1.82) is 0 Å². The Morgan fingerprint density at radius 3 is 2.41 bits per heavy atom. The fraction of sp³-hybridized carbons (Fsp3) is 0.450. The number of halogens is 1. The molecule has 0 atom stereocenters. The number of benzene rings is 1. The second-order valence-corrected chi connectivity index (χ2v) is 9.63. The molecule has 2 rings (SSSR count). The van der Waals surface area contributed by atoms with Crippen molar-refractivity contribution in [2.75, 3.05) is 6.54 Å². The monoisotopic (exact) mass is 550 g/mol. The van der Waals surface area contributed by atoms with Crippen molar-refractivity contribution in [3.05, 3.63) is 57.3 Å². The first-order chi connectivity index (χ1) is 13.3. The summed E-state index contributed by atoms with van der Waals surface area (Å²) < 4.78 is 27.2. The summed E-state index contributed by atoms with van der Waals surface area (Å²) in [5.41, 5.74) is 2.94. The summed E-state index contributed by atoms with van der Waals surface area (Å²) in [4.78, 5) is 5.92. The quantitative estimate of drug-likeness (QED) is 0.252. The van der Waals surface area contributed by atoms with E-state index >= 15 is 0 Å². The lowest BCUT2D eigenvalue weighted by molar-refractivity contribution is 0.569. The molecule has 0 fully saturated rings. The van der Waals surface area contributed by atoms with Gasteiger partial charge in [-0.3, -0.25) is 0 Å². The van der Waals surface area contributed by atoms with Crippen LogP contribution < -0.4 is 15.4 Å². The molecule has 29 heavy (non-hydrogen) atoms. The van der Waals surface area contributed by atoms with Crippen molar-refractivity contribution in [2.24, 2.45) is 4.99 Å². The molecular formula is C20H31IN4O2S2. The van der Waals surface area contributed by atoms with Gasteiger partial charge in [-0.2, -0.15) is 0 Å². The van der Waals surface area contributed by atoms with Crippen LogP contribution in [0.4, 0.5) is 0 Å². The van der Waals surface area contributed by atoms with Gasteiger partial charge in [-0.1, -0.05) is 24.3 Å². The second-order valence-electron chi connectivity index (χ2n) is 6.88. The van der Waals surface area contributed by atoms with E-state index in [9.17, 15) is 8.42 Å². The fourth-order valence-electron chi connectivity index (χ4n) is 2.71. The van der Waals surface area contributed by atoms with Crippen LogP contribution in [0.25, 0.3) is 0 Å². The normalized spacial score (nSPS) is 12.0. The van der Waals surface area contributed by atoms with Gasteiger partial charge in [-0.05, 0) is 55.8 Å². The van der Waals surface area contributed by atoms with Crippen LogP contribution in [0, 0.1) is 6.92 Å². The van der Waals surface area contributed by atoms with Crippen LogP contribution in [0.3, 0.4) is 0 Å². The van der Waals surface area contributed by atoms with Crippen LogP contribution in [-0.4, -0.2) is 27.0 Å². The molecule has 0 bridgehead atoms. The summed E-state index contributed by atoms with van der Waals surface area (Å²) in [6.07, 6.45) is 0. The minimum atomic E-state index is -3.38. The lowest BCUT2D eigenvalue weighted by Crippen LogP contribution is -2.36. The van der Waals surface area contributed by atoms with E-state index in [2.05, 4.69) is 38.7 Å². The molecule has 6 nitrogen and oxygen atoms in total. The van der Waals surface area contributed by atoms with Gasteiger partial charge < -0.3 is 10.6 Å². The van der Waals surface area contributed by atoms with Crippen LogP contribution in [0.15, 0.2) is 40.7 Å². The average molecular weight is 551 g/mol. The number of hydrogen-bond acceptors (Lipinski definition) is 4. The summed E-state index contributed by atoms with van der Waals surface area (Å²) >= 11 is 1.72. The first-order valence-corrected chi connectivity index (χ1v) is 12.0. The maximum Gasteiger partial charge on any atom is 0.216 e. The molecule has 0 aliphatic carbocycles. The van der Waals surface area contributed by atoms with Gasteiger partial charge in [0.1, 0.15) is 0 Å². The Kier molecular flexibility index (Phi) is 11.2. The van der Waals surface area contributed by atoms with E-state index in [1.54, 1.807) is 11.3 Å². The molecule has 2 aromatic rings. The molecule has 0 saturated heterocycles. The highest BCUT2D eigenvalue weighted by Crippen LogP contribution is 2.15. The summed E-state index contributed by atoms with van der Waals surface area (Å²) in [6, 6.07) is 9.52. The van der Waals surface area contributed by atoms with Crippen LogP contribution in [0.5, 0.6) is 0 Å². The lowest BCUT2D eigenvalue weighted by atomic mass is 10.1. The number of aliphatic imine (C=N–C) groups is 1. The molecule has 0 unspecified atom stereocenters. The summed E-state index contributed by atoms with van der Waals surface area (Å²) in [5, 5.41) is 8.67. The minimum absolute atomic E-state index is 0. The Bertz CT molecular complexity index is 895. The van der Waals surface area contributed by atoms with Gasteiger partial charge in [0, 0.05) is 17.5 Å². The summed E-state index contributed by atoms with van der Waals surface area (Å²) in [6.45, 7) is 9.62. The molecule has 0 spiro atoms. The average Bonchev–Trinajstić information content (AvgIpc) is 3.02. The van der Waals surface area contributed by atoms with Gasteiger partial charge in [0.25, 0.3) is 0 Å². The molecule has 0 saturated carbocycles. The molecule has 0 aliphatic heterocycles. The van der Waals surface area contributed by atoms with Gasteiger partial charge in [0.2, 0.25) is 10.0 Å². The topological polar surface area (TPSA) is 82.6 Å². The van der Waals surface area contributed by atoms with E-state index in [0.29, 0.717) is 19.0 Å². The van der Waals surface area contributed by atoms with E-state index in [1.807, 2.05) is 45.0 Å². The smallest absolute Gasteiger partial charge is 0.216 e. The SMILES string of the molecule is CCNC(=NCc1ccccc1CS(=O)(=O)NC(C)C)NCc1sccc1C.I. The third-order valence-corrected chi connectivity index (χ3v) is 6.56. The van der Waals surface area contributed by atoms with Gasteiger partial charge >= 0.3 is 0 Å². The van der Waals surface area contributed by atoms with Gasteiger partial charge in [-0.25, -0.2) is 18.1 Å². The highest BCUT2D eigenvalue weighted by atomic mass is 127. The van der Waals surface area contributed by atoms with Crippen LogP contribution >= 0.6 is 35.3 Å². The molecule has 0 amide bonds. The van der Waals surface area contributed by atoms with E-state index in [0.717, 1.165) is 17.7 Å². The van der Waals surface area contributed by atoms with Crippen molar-refractivity contribution >= 4 is 51.3 Å². The Morgan fingerprint density at radius 2 is 1.83 bits per heavy atom. The molecule has 9 heteroatoms. The molecule has 162 valence electrons. The number of rotatable bonds is 9. The van der Waals surface area contributed by atoms with Crippen molar-refractivity contribution < 1.29 is 8.42 Å². The first kappa shape index (κ1) is 25.9. The Morgan fingerprint density at radius 1 is 1.14 bits per heavy atom. The van der Waals surface area contributed by atoms with Gasteiger partial charge in [0.05, 0.1) is 18.8 Å². The van der Waals surface area contributed by atoms with E-state index in [-0.39, 0.29) is 35.8 Å². The Hall–Kier alpha value is -1.17. The van der Waals surface area contributed by atoms with Crippen LogP contribution in [0.1, 0.15) is 42.3 Å². The Balaban J connectivity index is 0.00000420. The van der Waals surface area contributed by atoms with Crippen molar-refractivity contribution in [1.82, 2.24) is 15.4 Å². The largest absolute Gasteiger partial charge is 0.357 e. The zero-order valence-corrected chi connectivity index (χ0v) is 21.3. The molecule has 3 N–H and O–H groups in total. The van der Waals surface area contributed by atoms with Crippen LogP contribution in [-0.2, 0) is 28.9 Å². The third-order valence-electron chi connectivity index (χ3n) is 4.02. The number of sulfonamides is 1. The maximum atomic E-state index is 12.3. The van der Waals surface area contributed by atoms with E-state index in [4.69, 9.17) is 0 Å². The molecule has 0 radical (unpaired) electrons. The third kappa shape index (κ3) is 9.02. The number of thiophene rings is 1. The van der Waals surface area contributed by atoms with Gasteiger partial charge in [-0.15, -0.1) is 35.3 Å². The molecule has 1 aromatic heterocycles. The highest BCUT2D eigenvalue weighted by Gasteiger charge is 2.15. The van der Waals surface area contributed by atoms with Crippen LogP contribution in [0.2, 0.25) is 0 Å². The highest BCUT2D eigenvalue weighted by molar-refractivity contribution is 14.0. The standard InChI is InChI=1S/C20H30N4O2S2.HI/c1-5-21-20(23-13-19-16(4)10-11-27-19)22-12-17-8-6-7-9-18(17)14-28(25,26)24-15(2)3;/h6-11,15,24H,5,12-14H2,1-4H3,(H2,21,22,23);1H. The second kappa shape index (κ2) is 12.5. The summed E-state index contributed by atoms with van der Waals surface area (Å²) in [5.74, 6) is 0.670. The van der Waals surface area contributed by atoms with Gasteiger partial charge in [0.15, 0.2) is 5.96 Å². The number of nitrogens with one attached hydrogen (secondary N) is 3. The predicted molar refractivity (Wildman–Crippen MR) is 133 cm³/mol. The number of nitrogens with zero attached hydrogens (tertiary/aromatic N) is 1. The number of aryl methyl sites for hydroxylation is 1. The molecule has 1 heterocycles. The number of guanidine groups is 1. The van der Waals surface area contributed by atoms with Crippen molar-refractivity contribution in [3.8, 4) is 0 Å². The fourth-order valence-corrected chi connectivity index (χ4v) is 5.05. The molecule has 1 aromatic carbocycles. The first-order valence-electron chi connectivity index (χ1n) is 9.42. The zero-order chi connectivity index (χ0) is 20.6. The minimum Gasteiger partial charge on any atom is -0.357 e. The van der Waals surface area contributed by atoms with Crippen molar-refractivity contribution in [3.63, 3.8) is 0 Å². The van der Waals surface area contributed by atoms with E-state index in [1.165, 1.54) is 10.4 Å². The molecular weight excluding hydrogens is 519 g/mol. The predicted octanol–water partition coefficient (Wildman–Crippen LogP) is 3.76. The maximum absolute atomic E-state index is 12.3. The lowest BCUT2D eigenvalue weighted by Gasteiger charge is -2.13. The summed E-state index contributed by atoms with van der Waals surface area (Å²) in [7, 11) is -3.38.